The highest BCUT2D eigenvalue weighted by Crippen LogP contribution is 2.12. The monoisotopic (exact) mass is 237 g/mol. The normalized spacial score (nSPS) is 11.6. The van der Waals surface area contributed by atoms with E-state index in [1.165, 1.54) is 7.11 Å². The maximum Gasteiger partial charge on any atom is 0.307 e. The standard InChI is InChI=1S/C11H15N3O3/c1-7(6-9(15)17-2)14-11-8(10(12)16)4-3-5-13-11/h3-5,7H,6H2,1-2H3,(H2,12,16)(H,13,14). The number of carbonyl (C=O) groups excluding carboxylic acids is 2. The van der Waals surface area contributed by atoms with Crippen LogP contribution in [-0.4, -0.2) is 30.0 Å². The van der Waals surface area contributed by atoms with Crippen LogP contribution >= 0.6 is 0 Å². The van der Waals surface area contributed by atoms with Gasteiger partial charge in [-0.1, -0.05) is 0 Å². The summed E-state index contributed by atoms with van der Waals surface area (Å²) < 4.78 is 4.55. The number of rotatable bonds is 5. The summed E-state index contributed by atoms with van der Waals surface area (Å²) in [5, 5.41) is 2.94. The van der Waals surface area contributed by atoms with Gasteiger partial charge >= 0.3 is 5.97 Å². The molecule has 1 aromatic rings. The van der Waals surface area contributed by atoms with Gasteiger partial charge < -0.3 is 15.8 Å². The van der Waals surface area contributed by atoms with Gasteiger partial charge in [0.1, 0.15) is 5.82 Å². The van der Waals surface area contributed by atoms with Crippen LogP contribution in [-0.2, 0) is 9.53 Å². The molecule has 0 spiro atoms. The third-order valence-corrected chi connectivity index (χ3v) is 2.16. The van der Waals surface area contributed by atoms with E-state index in [-0.39, 0.29) is 18.4 Å². The summed E-state index contributed by atoms with van der Waals surface area (Å²) in [7, 11) is 1.32. The van der Waals surface area contributed by atoms with Crippen molar-refractivity contribution in [3.05, 3.63) is 23.9 Å². The lowest BCUT2D eigenvalue weighted by Crippen LogP contribution is -2.23. The van der Waals surface area contributed by atoms with Crippen LogP contribution in [0.5, 0.6) is 0 Å². The highest BCUT2D eigenvalue weighted by molar-refractivity contribution is 5.97. The number of primary amides is 1. The summed E-state index contributed by atoms with van der Waals surface area (Å²) in [6.45, 7) is 1.79. The first-order valence-electron chi connectivity index (χ1n) is 5.12. The van der Waals surface area contributed by atoms with Gasteiger partial charge in [-0.05, 0) is 19.1 Å². The number of carbonyl (C=O) groups is 2. The van der Waals surface area contributed by atoms with Crippen molar-refractivity contribution >= 4 is 17.7 Å². The first-order chi connectivity index (χ1) is 8.04. The van der Waals surface area contributed by atoms with E-state index in [9.17, 15) is 9.59 Å². The molecule has 0 saturated carbocycles. The van der Waals surface area contributed by atoms with E-state index in [1.54, 1.807) is 25.3 Å². The van der Waals surface area contributed by atoms with Crippen LogP contribution in [0.15, 0.2) is 18.3 Å². The molecule has 0 aliphatic carbocycles. The average molecular weight is 237 g/mol. The van der Waals surface area contributed by atoms with Crippen molar-refractivity contribution in [2.45, 2.75) is 19.4 Å². The Labute approximate surface area is 99.2 Å². The fourth-order valence-corrected chi connectivity index (χ4v) is 1.34. The molecule has 0 radical (unpaired) electrons. The van der Waals surface area contributed by atoms with Crippen LogP contribution in [0.1, 0.15) is 23.7 Å². The molecule has 0 bridgehead atoms. The maximum atomic E-state index is 11.1. The summed E-state index contributed by atoms with van der Waals surface area (Å²) in [5.41, 5.74) is 5.50. The Morgan fingerprint density at radius 1 is 1.59 bits per heavy atom. The number of amides is 1. The number of aromatic nitrogens is 1. The summed E-state index contributed by atoms with van der Waals surface area (Å²) in [4.78, 5) is 26.2. The molecule has 1 amide bonds. The van der Waals surface area contributed by atoms with E-state index >= 15 is 0 Å². The van der Waals surface area contributed by atoms with Gasteiger partial charge in [0.05, 0.1) is 19.1 Å². The zero-order valence-electron chi connectivity index (χ0n) is 9.77. The first-order valence-corrected chi connectivity index (χ1v) is 5.12. The molecule has 0 aliphatic heterocycles. The molecule has 1 heterocycles. The maximum absolute atomic E-state index is 11.1. The van der Waals surface area contributed by atoms with Gasteiger partial charge in [-0.3, -0.25) is 9.59 Å². The van der Waals surface area contributed by atoms with Crippen LogP contribution in [0.4, 0.5) is 5.82 Å². The quantitative estimate of drug-likeness (QED) is 0.729. The third-order valence-electron chi connectivity index (χ3n) is 2.16. The summed E-state index contributed by atoms with van der Waals surface area (Å²) in [5.74, 6) is -0.524. The number of hydrogen-bond acceptors (Lipinski definition) is 5. The lowest BCUT2D eigenvalue weighted by Gasteiger charge is -2.14. The van der Waals surface area contributed by atoms with E-state index in [1.807, 2.05) is 0 Å². The van der Waals surface area contributed by atoms with Gasteiger partial charge in [-0.25, -0.2) is 4.98 Å². The molecule has 0 aliphatic rings. The van der Waals surface area contributed by atoms with Gasteiger partial charge in [0.15, 0.2) is 0 Å². The number of hydrogen-bond donors (Lipinski definition) is 2. The number of ether oxygens (including phenoxy) is 1. The molecule has 1 atom stereocenters. The Kier molecular flexibility index (Phi) is 4.45. The van der Waals surface area contributed by atoms with Crippen molar-refractivity contribution in [3.63, 3.8) is 0 Å². The number of anilines is 1. The minimum absolute atomic E-state index is 0.186. The van der Waals surface area contributed by atoms with Gasteiger partial charge in [0.2, 0.25) is 0 Å². The van der Waals surface area contributed by atoms with Crippen LogP contribution in [0.2, 0.25) is 0 Å². The molecular formula is C11H15N3O3. The van der Waals surface area contributed by atoms with Crippen molar-refractivity contribution in [2.24, 2.45) is 5.73 Å². The molecule has 0 fully saturated rings. The summed E-state index contributed by atoms with van der Waals surface area (Å²) in [6, 6.07) is 2.99. The van der Waals surface area contributed by atoms with Crippen molar-refractivity contribution in [3.8, 4) is 0 Å². The zero-order chi connectivity index (χ0) is 12.8. The fraction of sp³-hybridized carbons (Fsp3) is 0.364. The summed E-state index contributed by atoms with van der Waals surface area (Å²) in [6.07, 6.45) is 1.73. The second-order valence-electron chi connectivity index (χ2n) is 3.59. The molecule has 92 valence electrons. The second-order valence-corrected chi connectivity index (χ2v) is 3.59. The average Bonchev–Trinajstić information content (AvgIpc) is 2.29. The highest BCUT2D eigenvalue weighted by atomic mass is 16.5. The number of nitrogens with zero attached hydrogens (tertiary/aromatic N) is 1. The second kappa shape index (κ2) is 5.83. The predicted molar refractivity (Wildman–Crippen MR) is 62.5 cm³/mol. The van der Waals surface area contributed by atoms with Crippen molar-refractivity contribution < 1.29 is 14.3 Å². The van der Waals surface area contributed by atoms with E-state index in [0.29, 0.717) is 11.4 Å². The molecule has 1 rings (SSSR count). The minimum Gasteiger partial charge on any atom is -0.469 e. The zero-order valence-corrected chi connectivity index (χ0v) is 9.77. The molecule has 17 heavy (non-hydrogen) atoms. The molecule has 1 unspecified atom stereocenters. The predicted octanol–water partition coefficient (Wildman–Crippen LogP) is 0.544. The van der Waals surface area contributed by atoms with Crippen molar-refractivity contribution in [2.75, 3.05) is 12.4 Å². The number of nitrogens with two attached hydrogens (primary N) is 1. The highest BCUT2D eigenvalue weighted by Gasteiger charge is 2.13. The Morgan fingerprint density at radius 2 is 2.29 bits per heavy atom. The van der Waals surface area contributed by atoms with Crippen molar-refractivity contribution in [1.82, 2.24) is 4.98 Å². The SMILES string of the molecule is COC(=O)CC(C)Nc1ncccc1C(N)=O. The van der Waals surface area contributed by atoms with Crippen LogP contribution < -0.4 is 11.1 Å². The summed E-state index contributed by atoms with van der Waals surface area (Å²) >= 11 is 0. The molecule has 0 aromatic carbocycles. The minimum atomic E-state index is -0.564. The largest absolute Gasteiger partial charge is 0.469 e. The van der Waals surface area contributed by atoms with Gasteiger partial charge in [-0.2, -0.15) is 0 Å². The Bertz CT molecular complexity index is 420. The number of esters is 1. The number of pyridine rings is 1. The Morgan fingerprint density at radius 3 is 2.88 bits per heavy atom. The van der Waals surface area contributed by atoms with Gasteiger partial charge in [-0.15, -0.1) is 0 Å². The molecule has 1 aromatic heterocycles. The lowest BCUT2D eigenvalue weighted by molar-refractivity contribution is -0.140. The lowest BCUT2D eigenvalue weighted by atomic mass is 10.2. The molecule has 6 nitrogen and oxygen atoms in total. The first kappa shape index (κ1) is 13.0. The third kappa shape index (κ3) is 3.75. The molecule has 6 heteroatoms. The van der Waals surface area contributed by atoms with E-state index in [2.05, 4.69) is 15.0 Å². The molecule has 0 saturated heterocycles. The van der Waals surface area contributed by atoms with Crippen LogP contribution in [0, 0.1) is 0 Å². The fourth-order valence-electron chi connectivity index (χ4n) is 1.34. The smallest absolute Gasteiger partial charge is 0.307 e. The van der Waals surface area contributed by atoms with E-state index in [0.717, 1.165) is 0 Å². The Balaban J connectivity index is 2.74. The van der Waals surface area contributed by atoms with Gasteiger partial charge in [0, 0.05) is 12.2 Å². The number of nitrogens with one attached hydrogen (secondary N) is 1. The van der Waals surface area contributed by atoms with E-state index in [4.69, 9.17) is 5.73 Å². The topological polar surface area (TPSA) is 94.3 Å². The Hall–Kier alpha value is -2.11. The van der Waals surface area contributed by atoms with Crippen molar-refractivity contribution in [1.29, 1.82) is 0 Å². The van der Waals surface area contributed by atoms with Gasteiger partial charge in [0.25, 0.3) is 5.91 Å². The molecule has 3 N–H and O–H groups in total. The number of methoxy groups -OCH3 is 1. The van der Waals surface area contributed by atoms with E-state index < -0.39 is 5.91 Å². The molecular weight excluding hydrogens is 222 g/mol. The van der Waals surface area contributed by atoms with Crippen LogP contribution in [0.25, 0.3) is 0 Å². The van der Waals surface area contributed by atoms with Crippen LogP contribution in [0.3, 0.4) is 0 Å².